The average Bonchev–Trinajstić information content (AvgIpc) is 3.03. The predicted octanol–water partition coefficient (Wildman–Crippen LogP) is 1.19. The van der Waals surface area contributed by atoms with E-state index in [4.69, 9.17) is 4.42 Å². The van der Waals surface area contributed by atoms with Crippen LogP contribution in [0.1, 0.15) is 27.4 Å². The molecule has 3 amide bonds. The van der Waals surface area contributed by atoms with Gasteiger partial charge in [-0.3, -0.25) is 10.2 Å². The molecule has 1 aliphatic rings. The van der Waals surface area contributed by atoms with Gasteiger partial charge in [-0.25, -0.2) is 15.2 Å². The lowest BCUT2D eigenvalue weighted by atomic mass is 10.2. The van der Waals surface area contributed by atoms with E-state index >= 15 is 0 Å². The molecule has 0 spiro atoms. The van der Waals surface area contributed by atoms with Gasteiger partial charge in [-0.05, 0) is 38.6 Å². The molecule has 3 heterocycles. The molecule has 3 rings (SSSR count). The number of pyridine rings is 1. The van der Waals surface area contributed by atoms with Crippen LogP contribution in [-0.2, 0) is 6.54 Å². The third-order valence-corrected chi connectivity index (χ3v) is 4.66. The summed E-state index contributed by atoms with van der Waals surface area (Å²) < 4.78 is 5.30. The van der Waals surface area contributed by atoms with Crippen molar-refractivity contribution in [1.29, 1.82) is 0 Å². The molecule has 0 bridgehead atoms. The number of aromatic nitrogens is 1. The Labute approximate surface area is 164 Å². The van der Waals surface area contributed by atoms with Gasteiger partial charge >= 0.3 is 6.03 Å². The van der Waals surface area contributed by atoms with Crippen molar-refractivity contribution in [3.63, 3.8) is 0 Å². The summed E-state index contributed by atoms with van der Waals surface area (Å²) in [6.07, 6.45) is 1.75. The molecule has 150 valence electrons. The molecule has 28 heavy (non-hydrogen) atoms. The zero-order chi connectivity index (χ0) is 20.1. The molecule has 0 aromatic carbocycles. The maximum absolute atomic E-state index is 12.0. The largest absolute Gasteiger partial charge is 0.466 e. The first-order chi connectivity index (χ1) is 13.4. The zero-order valence-electron chi connectivity index (χ0n) is 16.4. The molecule has 1 aliphatic heterocycles. The van der Waals surface area contributed by atoms with E-state index in [-0.39, 0.29) is 0 Å². The number of carbonyl (C=O) groups excluding carboxylic acids is 2. The third kappa shape index (κ3) is 5.01. The number of aryl methyl sites for hydroxylation is 2. The van der Waals surface area contributed by atoms with E-state index in [1.54, 1.807) is 26.1 Å². The van der Waals surface area contributed by atoms with Gasteiger partial charge in [0, 0.05) is 38.9 Å². The summed E-state index contributed by atoms with van der Waals surface area (Å²) in [5.74, 6) is 1.66. The highest BCUT2D eigenvalue weighted by Crippen LogP contribution is 2.14. The maximum Gasteiger partial charge on any atom is 0.333 e. The SMILES string of the molecule is Cc1cc(C(=O)NNC(=O)NCc2ccc(N3CCN(C)CC3)nc2)c(C)o1. The fourth-order valence-corrected chi connectivity index (χ4v) is 3.01. The van der Waals surface area contributed by atoms with Crippen LogP contribution in [0.4, 0.5) is 10.6 Å². The number of anilines is 1. The van der Waals surface area contributed by atoms with Crippen LogP contribution in [0.5, 0.6) is 0 Å². The first-order valence-corrected chi connectivity index (χ1v) is 9.22. The molecule has 1 fully saturated rings. The third-order valence-electron chi connectivity index (χ3n) is 4.66. The fraction of sp³-hybridized carbons (Fsp3) is 0.421. The summed E-state index contributed by atoms with van der Waals surface area (Å²) >= 11 is 0. The van der Waals surface area contributed by atoms with E-state index < -0.39 is 11.9 Å². The van der Waals surface area contributed by atoms with Crippen molar-refractivity contribution < 1.29 is 14.0 Å². The lowest BCUT2D eigenvalue weighted by molar-refractivity contribution is 0.0934. The van der Waals surface area contributed by atoms with Crippen LogP contribution in [0.15, 0.2) is 28.8 Å². The van der Waals surface area contributed by atoms with Gasteiger partial charge in [-0.1, -0.05) is 6.07 Å². The first kappa shape index (κ1) is 19.7. The van der Waals surface area contributed by atoms with E-state index in [0.29, 0.717) is 23.6 Å². The second kappa shape index (κ2) is 8.75. The summed E-state index contributed by atoms with van der Waals surface area (Å²) in [6.45, 7) is 7.72. The van der Waals surface area contributed by atoms with Crippen LogP contribution in [0, 0.1) is 13.8 Å². The van der Waals surface area contributed by atoms with Gasteiger partial charge in [-0.15, -0.1) is 0 Å². The minimum Gasteiger partial charge on any atom is -0.466 e. The number of nitrogens with one attached hydrogen (secondary N) is 3. The minimum absolute atomic E-state index is 0.307. The van der Waals surface area contributed by atoms with Crippen LogP contribution >= 0.6 is 0 Å². The summed E-state index contributed by atoms with van der Waals surface area (Å²) in [5, 5.41) is 2.68. The molecule has 1 saturated heterocycles. The Hall–Kier alpha value is -3.07. The molecular weight excluding hydrogens is 360 g/mol. The molecule has 0 saturated carbocycles. The summed E-state index contributed by atoms with van der Waals surface area (Å²) in [5.41, 5.74) is 5.95. The highest BCUT2D eigenvalue weighted by Gasteiger charge is 2.16. The molecular formula is C19H26N6O3. The monoisotopic (exact) mass is 386 g/mol. The lowest BCUT2D eigenvalue weighted by Gasteiger charge is -2.33. The van der Waals surface area contributed by atoms with Crippen LogP contribution < -0.4 is 21.1 Å². The molecule has 3 N–H and O–H groups in total. The van der Waals surface area contributed by atoms with Gasteiger partial charge < -0.3 is 19.5 Å². The number of hydrogen-bond acceptors (Lipinski definition) is 6. The number of furan rings is 1. The summed E-state index contributed by atoms with van der Waals surface area (Å²) in [6, 6.07) is 5.02. The number of urea groups is 1. The van der Waals surface area contributed by atoms with E-state index in [2.05, 4.69) is 38.0 Å². The Kier molecular flexibility index (Phi) is 6.15. The summed E-state index contributed by atoms with van der Waals surface area (Å²) in [4.78, 5) is 33.0. The van der Waals surface area contributed by atoms with Crippen LogP contribution in [0.25, 0.3) is 0 Å². The number of hydrogen-bond donors (Lipinski definition) is 3. The molecule has 0 aliphatic carbocycles. The number of carbonyl (C=O) groups is 2. The van der Waals surface area contributed by atoms with Crippen molar-refractivity contribution in [2.75, 3.05) is 38.1 Å². The molecule has 2 aromatic heterocycles. The zero-order valence-corrected chi connectivity index (χ0v) is 16.4. The van der Waals surface area contributed by atoms with Gasteiger partial charge in [0.2, 0.25) is 0 Å². The van der Waals surface area contributed by atoms with Gasteiger partial charge in [0.1, 0.15) is 17.3 Å². The van der Waals surface area contributed by atoms with Crippen molar-refractivity contribution in [3.05, 3.63) is 47.0 Å². The molecule has 0 atom stereocenters. The topological polar surface area (TPSA) is 103 Å². The van der Waals surface area contributed by atoms with Crippen LogP contribution in [0.3, 0.4) is 0 Å². The Bertz CT molecular complexity index is 825. The Morgan fingerprint density at radius 3 is 2.50 bits per heavy atom. The minimum atomic E-state index is -0.505. The van der Waals surface area contributed by atoms with Crippen molar-refractivity contribution in [3.8, 4) is 0 Å². The average molecular weight is 386 g/mol. The number of hydrazine groups is 1. The number of likely N-dealkylation sites (N-methyl/N-ethyl adjacent to an activating group) is 1. The van der Waals surface area contributed by atoms with E-state index in [1.165, 1.54) is 0 Å². The van der Waals surface area contributed by atoms with Crippen molar-refractivity contribution in [2.24, 2.45) is 0 Å². The van der Waals surface area contributed by atoms with Crippen LogP contribution in [-0.4, -0.2) is 55.0 Å². The highest BCUT2D eigenvalue weighted by molar-refractivity contribution is 5.96. The standard InChI is InChI=1S/C19H26N6O3/c1-13-10-16(14(2)28-13)18(26)22-23-19(27)21-12-15-4-5-17(20-11-15)25-8-6-24(3)7-9-25/h4-5,10-11H,6-9,12H2,1-3H3,(H,22,26)(H2,21,23,27). The second-order valence-electron chi connectivity index (χ2n) is 6.90. The van der Waals surface area contributed by atoms with Crippen molar-refractivity contribution in [2.45, 2.75) is 20.4 Å². The Balaban J connectivity index is 1.43. The molecule has 0 unspecified atom stereocenters. The molecule has 0 radical (unpaired) electrons. The lowest BCUT2D eigenvalue weighted by Crippen LogP contribution is -2.46. The Morgan fingerprint density at radius 2 is 1.89 bits per heavy atom. The summed E-state index contributed by atoms with van der Waals surface area (Å²) in [7, 11) is 2.12. The maximum atomic E-state index is 12.0. The fourth-order valence-electron chi connectivity index (χ4n) is 3.01. The smallest absolute Gasteiger partial charge is 0.333 e. The van der Waals surface area contributed by atoms with Crippen molar-refractivity contribution >= 4 is 17.8 Å². The van der Waals surface area contributed by atoms with Gasteiger partial charge in [-0.2, -0.15) is 0 Å². The highest BCUT2D eigenvalue weighted by atomic mass is 16.3. The van der Waals surface area contributed by atoms with E-state index in [9.17, 15) is 9.59 Å². The first-order valence-electron chi connectivity index (χ1n) is 9.22. The number of amides is 3. The molecule has 9 nitrogen and oxygen atoms in total. The molecule has 2 aromatic rings. The van der Waals surface area contributed by atoms with Gasteiger partial charge in [0.15, 0.2) is 0 Å². The number of nitrogens with zero attached hydrogens (tertiary/aromatic N) is 3. The van der Waals surface area contributed by atoms with Crippen LogP contribution in [0.2, 0.25) is 0 Å². The normalized spacial score (nSPS) is 14.6. The quantitative estimate of drug-likeness (QED) is 0.682. The van der Waals surface area contributed by atoms with E-state index in [0.717, 1.165) is 37.6 Å². The molecule has 9 heteroatoms. The predicted molar refractivity (Wildman–Crippen MR) is 105 cm³/mol. The van der Waals surface area contributed by atoms with Crippen molar-refractivity contribution in [1.82, 2.24) is 26.1 Å². The Morgan fingerprint density at radius 1 is 1.14 bits per heavy atom. The number of rotatable bonds is 4. The van der Waals surface area contributed by atoms with Gasteiger partial charge in [0.25, 0.3) is 5.91 Å². The second-order valence-corrected chi connectivity index (χ2v) is 6.90. The van der Waals surface area contributed by atoms with Gasteiger partial charge in [0.05, 0.1) is 5.56 Å². The number of piperazine rings is 1. The van der Waals surface area contributed by atoms with E-state index in [1.807, 2.05) is 12.1 Å².